The maximum Gasteiger partial charge on any atom is 0.271 e. The van der Waals surface area contributed by atoms with Gasteiger partial charge in [-0.05, 0) is 32.0 Å². The average molecular weight is 299 g/mol. The van der Waals surface area contributed by atoms with Crippen LogP contribution in [0.25, 0.3) is 0 Å². The third-order valence-corrected chi connectivity index (χ3v) is 3.15. The van der Waals surface area contributed by atoms with Crippen molar-refractivity contribution in [2.45, 2.75) is 19.9 Å². The van der Waals surface area contributed by atoms with Crippen molar-refractivity contribution in [2.75, 3.05) is 10.6 Å². The number of carbonyl (C=O) groups excluding carboxylic acids is 1. The second-order valence-electron chi connectivity index (χ2n) is 5.03. The molecule has 2 aromatic rings. The molecule has 0 fully saturated rings. The van der Waals surface area contributed by atoms with Gasteiger partial charge in [0.25, 0.3) is 5.69 Å². The van der Waals surface area contributed by atoms with Crippen molar-refractivity contribution < 1.29 is 9.72 Å². The summed E-state index contributed by atoms with van der Waals surface area (Å²) in [5.41, 5.74) is 2.32. The summed E-state index contributed by atoms with van der Waals surface area (Å²) in [5.74, 6) is -0.263. The topological polar surface area (TPSA) is 84.3 Å². The van der Waals surface area contributed by atoms with Crippen LogP contribution in [0.3, 0.4) is 0 Å². The minimum atomic E-state index is -0.496. The van der Waals surface area contributed by atoms with Crippen LogP contribution in [0.2, 0.25) is 0 Å². The zero-order valence-corrected chi connectivity index (χ0v) is 12.4. The van der Waals surface area contributed by atoms with Crippen LogP contribution in [0.4, 0.5) is 17.1 Å². The van der Waals surface area contributed by atoms with Gasteiger partial charge < -0.3 is 10.6 Å². The maximum atomic E-state index is 12.1. The number of nitro benzene ring substituents is 1. The summed E-state index contributed by atoms with van der Waals surface area (Å²) >= 11 is 0. The molecule has 2 N–H and O–H groups in total. The maximum absolute atomic E-state index is 12.1. The van der Waals surface area contributed by atoms with Crippen LogP contribution in [0.15, 0.2) is 48.5 Å². The predicted octanol–water partition coefficient (Wildman–Crippen LogP) is 3.34. The van der Waals surface area contributed by atoms with Crippen molar-refractivity contribution in [3.63, 3.8) is 0 Å². The molecule has 0 radical (unpaired) electrons. The summed E-state index contributed by atoms with van der Waals surface area (Å²) in [5, 5.41) is 16.5. The molecule has 0 aromatic heterocycles. The van der Waals surface area contributed by atoms with Crippen LogP contribution in [-0.4, -0.2) is 16.9 Å². The second kappa shape index (κ2) is 6.71. The standard InChI is InChI=1S/C16H17N3O3/c1-11-6-8-13(9-7-11)17-12(2)16(20)18-14-4-3-5-15(10-14)19(21)22/h3-10,12,17H,1-2H3,(H,18,20). The van der Waals surface area contributed by atoms with Crippen LogP contribution < -0.4 is 10.6 Å². The van der Waals surface area contributed by atoms with Gasteiger partial charge in [-0.15, -0.1) is 0 Å². The number of rotatable bonds is 5. The van der Waals surface area contributed by atoms with Crippen molar-refractivity contribution in [1.82, 2.24) is 0 Å². The Balaban J connectivity index is 2.00. The molecule has 0 heterocycles. The molecule has 0 aliphatic carbocycles. The highest BCUT2D eigenvalue weighted by atomic mass is 16.6. The second-order valence-corrected chi connectivity index (χ2v) is 5.03. The molecule has 0 aliphatic heterocycles. The van der Waals surface area contributed by atoms with Crippen molar-refractivity contribution in [3.05, 3.63) is 64.2 Å². The van der Waals surface area contributed by atoms with Crippen molar-refractivity contribution >= 4 is 23.0 Å². The molecule has 6 heteroatoms. The Hall–Kier alpha value is -2.89. The highest BCUT2D eigenvalue weighted by molar-refractivity contribution is 5.96. The molecule has 2 aromatic carbocycles. The number of carbonyl (C=O) groups is 1. The van der Waals surface area contributed by atoms with Gasteiger partial charge in [-0.25, -0.2) is 0 Å². The number of nitrogens with zero attached hydrogens (tertiary/aromatic N) is 1. The number of nitrogens with one attached hydrogen (secondary N) is 2. The number of hydrogen-bond donors (Lipinski definition) is 2. The van der Waals surface area contributed by atoms with Crippen LogP contribution in [0.1, 0.15) is 12.5 Å². The van der Waals surface area contributed by atoms with E-state index in [2.05, 4.69) is 10.6 Å². The molecule has 1 atom stereocenters. The fourth-order valence-corrected chi connectivity index (χ4v) is 1.91. The Labute approximate surface area is 128 Å². The van der Waals surface area contributed by atoms with E-state index in [1.807, 2.05) is 31.2 Å². The van der Waals surface area contributed by atoms with Crippen molar-refractivity contribution in [1.29, 1.82) is 0 Å². The fourth-order valence-electron chi connectivity index (χ4n) is 1.91. The fraction of sp³-hybridized carbons (Fsp3) is 0.188. The molecular formula is C16H17N3O3. The first-order valence-corrected chi connectivity index (χ1v) is 6.84. The summed E-state index contributed by atoms with van der Waals surface area (Å²) in [6, 6.07) is 13.1. The van der Waals surface area contributed by atoms with E-state index in [0.717, 1.165) is 11.3 Å². The molecule has 1 amide bonds. The predicted molar refractivity (Wildman–Crippen MR) is 86.0 cm³/mol. The number of amides is 1. The van der Waals surface area contributed by atoms with Crippen LogP contribution >= 0.6 is 0 Å². The van der Waals surface area contributed by atoms with Gasteiger partial charge in [0.1, 0.15) is 6.04 Å². The lowest BCUT2D eigenvalue weighted by Gasteiger charge is -2.15. The van der Waals surface area contributed by atoms with Gasteiger partial charge >= 0.3 is 0 Å². The van der Waals surface area contributed by atoms with Crippen LogP contribution in [0, 0.1) is 17.0 Å². The van der Waals surface area contributed by atoms with E-state index < -0.39 is 11.0 Å². The zero-order valence-electron chi connectivity index (χ0n) is 12.4. The monoisotopic (exact) mass is 299 g/mol. The van der Waals surface area contributed by atoms with Gasteiger partial charge in [0.2, 0.25) is 5.91 Å². The van der Waals surface area contributed by atoms with Gasteiger partial charge in [-0.1, -0.05) is 23.8 Å². The third kappa shape index (κ3) is 4.05. The summed E-state index contributed by atoms with van der Waals surface area (Å²) in [6.07, 6.45) is 0. The number of nitro groups is 1. The Kier molecular flexibility index (Phi) is 4.73. The summed E-state index contributed by atoms with van der Waals surface area (Å²) < 4.78 is 0. The molecule has 0 aliphatic rings. The van der Waals surface area contributed by atoms with E-state index in [0.29, 0.717) is 5.69 Å². The number of non-ortho nitro benzene ring substituents is 1. The first kappa shape index (κ1) is 15.5. The molecule has 0 spiro atoms. The minimum Gasteiger partial charge on any atom is -0.374 e. The molecular weight excluding hydrogens is 282 g/mol. The highest BCUT2D eigenvalue weighted by Crippen LogP contribution is 2.17. The van der Waals surface area contributed by atoms with E-state index in [9.17, 15) is 14.9 Å². The normalized spacial score (nSPS) is 11.5. The first-order chi connectivity index (χ1) is 10.5. The lowest BCUT2D eigenvalue weighted by atomic mass is 10.2. The van der Waals surface area contributed by atoms with Crippen LogP contribution in [-0.2, 0) is 4.79 Å². The van der Waals surface area contributed by atoms with Gasteiger partial charge in [0.15, 0.2) is 0 Å². The van der Waals surface area contributed by atoms with Crippen molar-refractivity contribution in [3.8, 4) is 0 Å². The number of anilines is 2. The molecule has 6 nitrogen and oxygen atoms in total. The van der Waals surface area contributed by atoms with E-state index in [4.69, 9.17) is 0 Å². The lowest BCUT2D eigenvalue weighted by Crippen LogP contribution is -2.31. The molecule has 22 heavy (non-hydrogen) atoms. The van der Waals surface area contributed by atoms with Gasteiger partial charge in [0, 0.05) is 23.5 Å². The Morgan fingerprint density at radius 1 is 1.14 bits per heavy atom. The molecule has 1 unspecified atom stereocenters. The van der Waals surface area contributed by atoms with Crippen LogP contribution in [0.5, 0.6) is 0 Å². The summed E-state index contributed by atoms with van der Waals surface area (Å²) in [4.78, 5) is 22.3. The lowest BCUT2D eigenvalue weighted by molar-refractivity contribution is -0.384. The largest absolute Gasteiger partial charge is 0.374 e. The molecule has 0 bridgehead atoms. The minimum absolute atomic E-state index is 0.0584. The Bertz CT molecular complexity index is 683. The molecule has 2 rings (SSSR count). The average Bonchev–Trinajstić information content (AvgIpc) is 2.49. The smallest absolute Gasteiger partial charge is 0.271 e. The highest BCUT2D eigenvalue weighted by Gasteiger charge is 2.14. The van der Waals surface area contributed by atoms with E-state index in [-0.39, 0.29) is 11.6 Å². The number of benzene rings is 2. The molecule has 114 valence electrons. The van der Waals surface area contributed by atoms with E-state index in [1.54, 1.807) is 13.0 Å². The summed E-state index contributed by atoms with van der Waals surface area (Å²) in [6.45, 7) is 3.72. The summed E-state index contributed by atoms with van der Waals surface area (Å²) in [7, 11) is 0. The number of aryl methyl sites for hydroxylation is 1. The SMILES string of the molecule is Cc1ccc(NC(C)C(=O)Nc2cccc([N+](=O)[O-])c2)cc1. The Morgan fingerprint density at radius 2 is 1.82 bits per heavy atom. The van der Waals surface area contributed by atoms with Gasteiger partial charge in [-0.3, -0.25) is 14.9 Å². The zero-order chi connectivity index (χ0) is 16.1. The van der Waals surface area contributed by atoms with E-state index in [1.165, 1.54) is 18.2 Å². The molecule has 0 saturated carbocycles. The number of hydrogen-bond acceptors (Lipinski definition) is 4. The van der Waals surface area contributed by atoms with Gasteiger partial charge in [-0.2, -0.15) is 0 Å². The molecule has 0 saturated heterocycles. The van der Waals surface area contributed by atoms with Crippen molar-refractivity contribution in [2.24, 2.45) is 0 Å². The van der Waals surface area contributed by atoms with E-state index >= 15 is 0 Å². The third-order valence-electron chi connectivity index (χ3n) is 3.15. The quantitative estimate of drug-likeness (QED) is 0.655. The first-order valence-electron chi connectivity index (χ1n) is 6.84. The Morgan fingerprint density at radius 3 is 2.45 bits per heavy atom. The van der Waals surface area contributed by atoms with Gasteiger partial charge in [0.05, 0.1) is 4.92 Å².